The van der Waals surface area contributed by atoms with Crippen molar-refractivity contribution in [2.45, 2.75) is 6.36 Å². The zero-order valence-corrected chi connectivity index (χ0v) is 11.3. The average Bonchev–Trinajstić information content (AvgIpc) is 2.28. The number of methoxy groups -OCH3 is 2. The van der Waals surface area contributed by atoms with Crippen molar-refractivity contribution in [1.29, 1.82) is 0 Å². The van der Waals surface area contributed by atoms with E-state index in [4.69, 9.17) is 0 Å². The second-order valence-electron chi connectivity index (χ2n) is 2.87. The van der Waals surface area contributed by atoms with E-state index in [2.05, 4.69) is 19.2 Å². The van der Waals surface area contributed by atoms with Crippen molar-refractivity contribution in [3.05, 3.63) is 15.3 Å². The summed E-state index contributed by atoms with van der Waals surface area (Å²) in [6.07, 6.45) is -4.87. The highest BCUT2D eigenvalue weighted by Crippen LogP contribution is 2.35. The first-order chi connectivity index (χ1) is 8.28. The van der Waals surface area contributed by atoms with Gasteiger partial charge in [0.15, 0.2) is 5.69 Å². The Hall–Kier alpha value is -1.26. The molecule has 1 aromatic heterocycles. The molecule has 1 aromatic rings. The van der Waals surface area contributed by atoms with Gasteiger partial charge in [0.25, 0.3) is 5.88 Å². The van der Waals surface area contributed by atoms with Crippen molar-refractivity contribution in [1.82, 2.24) is 4.98 Å². The number of esters is 1. The van der Waals surface area contributed by atoms with Gasteiger partial charge in [0, 0.05) is 0 Å². The van der Waals surface area contributed by atoms with Gasteiger partial charge >= 0.3 is 12.3 Å². The van der Waals surface area contributed by atoms with Crippen LogP contribution in [0.25, 0.3) is 0 Å². The maximum absolute atomic E-state index is 12.2. The molecule has 0 unspecified atom stereocenters. The average molecular weight is 377 g/mol. The third kappa shape index (κ3) is 3.62. The molecule has 0 aliphatic carbocycles. The summed E-state index contributed by atoms with van der Waals surface area (Å²) in [6, 6.07) is 1.11. The molecule has 5 nitrogen and oxygen atoms in total. The van der Waals surface area contributed by atoms with Crippen LogP contribution in [0.5, 0.6) is 11.6 Å². The maximum atomic E-state index is 12.2. The van der Waals surface area contributed by atoms with Gasteiger partial charge in [-0.25, -0.2) is 9.78 Å². The molecule has 0 bridgehead atoms. The fourth-order valence-electron chi connectivity index (χ4n) is 1.04. The lowest BCUT2D eigenvalue weighted by molar-refractivity contribution is -0.275. The van der Waals surface area contributed by atoms with Gasteiger partial charge in [-0.2, -0.15) is 0 Å². The Labute approximate surface area is 113 Å². The van der Waals surface area contributed by atoms with Crippen molar-refractivity contribution >= 4 is 28.6 Å². The number of alkyl halides is 3. The Balaban J connectivity index is 3.24. The Morgan fingerprint density at radius 3 is 2.44 bits per heavy atom. The van der Waals surface area contributed by atoms with E-state index in [9.17, 15) is 18.0 Å². The molecule has 0 fully saturated rings. The zero-order valence-electron chi connectivity index (χ0n) is 9.17. The van der Waals surface area contributed by atoms with E-state index in [1.165, 1.54) is 0 Å². The summed E-state index contributed by atoms with van der Waals surface area (Å²) in [5, 5.41) is 0. The van der Waals surface area contributed by atoms with E-state index in [-0.39, 0.29) is 9.26 Å². The van der Waals surface area contributed by atoms with Crippen LogP contribution in [0, 0.1) is 3.57 Å². The minimum atomic E-state index is -4.87. The topological polar surface area (TPSA) is 57.7 Å². The quantitative estimate of drug-likeness (QED) is 0.598. The fourth-order valence-corrected chi connectivity index (χ4v) is 1.67. The number of rotatable bonds is 3. The SMILES string of the molecule is COC(=O)c1cc(I)c(OC(F)(F)F)c(OC)n1. The highest BCUT2D eigenvalue weighted by atomic mass is 127. The molecular weight excluding hydrogens is 370 g/mol. The highest BCUT2D eigenvalue weighted by Gasteiger charge is 2.34. The Kier molecular flexibility index (Phi) is 4.59. The predicted octanol–water partition coefficient (Wildman–Crippen LogP) is 2.38. The lowest BCUT2D eigenvalue weighted by Crippen LogP contribution is -2.19. The number of aromatic nitrogens is 1. The number of nitrogens with zero attached hydrogens (tertiary/aromatic N) is 1. The highest BCUT2D eigenvalue weighted by molar-refractivity contribution is 14.1. The number of pyridine rings is 1. The molecule has 0 amide bonds. The lowest BCUT2D eigenvalue weighted by atomic mass is 10.3. The maximum Gasteiger partial charge on any atom is 0.573 e. The summed E-state index contributed by atoms with van der Waals surface area (Å²) in [5.74, 6) is -1.83. The van der Waals surface area contributed by atoms with Gasteiger partial charge in [0.1, 0.15) is 0 Å². The number of carbonyl (C=O) groups excluding carboxylic acids is 1. The molecule has 1 rings (SSSR count). The first-order valence-corrected chi connectivity index (χ1v) is 5.45. The van der Waals surface area contributed by atoms with Gasteiger partial charge in [0.05, 0.1) is 17.8 Å². The van der Waals surface area contributed by atoms with Crippen molar-refractivity contribution in [2.24, 2.45) is 0 Å². The third-order valence-corrected chi connectivity index (χ3v) is 2.50. The standard InChI is InChI=1S/C9H7F3INO4/c1-16-7-6(18-9(10,11)12)4(13)3-5(14-7)8(15)17-2/h3H,1-2H3. The molecule has 0 saturated heterocycles. The largest absolute Gasteiger partial charge is 0.573 e. The molecule has 0 saturated carbocycles. The first kappa shape index (κ1) is 14.8. The minimum absolute atomic E-state index is 0.0252. The second kappa shape index (κ2) is 5.59. The molecule has 0 spiro atoms. The smallest absolute Gasteiger partial charge is 0.478 e. The van der Waals surface area contributed by atoms with Crippen LogP contribution in [0.15, 0.2) is 6.07 Å². The number of ether oxygens (including phenoxy) is 3. The first-order valence-electron chi connectivity index (χ1n) is 4.37. The van der Waals surface area contributed by atoms with Gasteiger partial charge < -0.3 is 14.2 Å². The van der Waals surface area contributed by atoms with Crippen LogP contribution in [-0.4, -0.2) is 31.5 Å². The van der Waals surface area contributed by atoms with Crippen LogP contribution < -0.4 is 9.47 Å². The number of carbonyl (C=O) groups is 1. The van der Waals surface area contributed by atoms with Crippen molar-refractivity contribution < 1.29 is 32.2 Å². The zero-order chi connectivity index (χ0) is 13.9. The van der Waals surface area contributed by atoms with E-state index in [1.807, 2.05) is 0 Å². The Morgan fingerprint density at radius 1 is 1.39 bits per heavy atom. The van der Waals surface area contributed by atoms with E-state index in [1.54, 1.807) is 22.6 Å². The van der Waals surface area contributed by atoms with Gasteiger partial charge in [0.2, 0.25) is 5.75 Å². The summed E-state index contributed by atoms with van der Waals surface area (Å²) >= 11 is 1.57. The molecule has 0 radical (unpaired) electrons. The number of hydrogen-bond donors (Lipinski definition) is 0. The predicted molar refractivity (Wildman–Crippen MR) is 61.5 cm³/mol. The molecule has 0 atom stereocenters. The lowest BCUT2D eigenvalue weighted by Gasteiger charge is -2.13. The molecule has 18 heavy (non-hydrogen) atoms. The van der Waals surface area contributed by atoms with Crippen molar-refractivity contribution in [2.75, 3.05) is 14.2 Å². The molecule has 0 aromatic carbocycles. The second-order valence-corrected chi connectivity index (χ2v) is 4.03. The van der Waals surface area contributed by atoms with E-state index in [0.717, 1.165) is 20.3 Å². The van der Waals surface area contributed by atoms with Gasteiger partial charge in [-0.1, -0.05) is 0 Å². The summed E-state index contributed by atoms with van der Waals surface area (Å²) in [4.78, 5) is 14.8. The van der Waals surface area contributed by atoms with Crippen LogP contribution in [-0.2, 0) is 4.74 Å². The molecule has 1 heterocycles. The summed E-state index contributed by atoms with van der Waals surface area (Å²) in [5.41, 5.74) is -0.173. The summed E-state index contributed by atoms with van der Waals surface area (Å²) in [6.45, 7) is 0. The minimum Gasteiger partial charge on any atom is -0.478 e. The van der Waals surface area contributed by atoms with E-state index >= 15 is 0 Å². The van der Waals surface area contributed by atoms with Crippen LogP contribution in [0.2, 0.25) is 0 Å². The monoisotopic (exact) mass is 377 g/mol. The van der Waals surface area contributed by atoms with Crippen LogP contribution >= 0.6 is 22.6 Å². The summed E-state index contributed by atoms with van der Waals surface area (Å²) in [7, 11) is 2.24. The van der Waals surface area contributed by atoms with Gasteiger partial charge in [-0.05, 0) is 28.7 Å². The molecule has 0 aliphatic heterocycles. The van der Waals surface area contributed by atoms with Gasteiger partial charge in [-0.15, -0.1) is 13.2 Å². The fraction of sp³-hybridized carbons (Fsp3) is 0.333. The molecule has 100 valence electrons. The normalized spacial score (nSPS) is 11.0. The van der Waals surface area contributed by atoms with Crippen LogP contribution in [0.3, 0.4) is 0 Å². The Morgan fingerprint density at radius 2 is 2.00 bits per heavy atom. The summed E-state index contributed by atoms with van der Waals surface area (Å²) < 4.78 is 49.4. The molecular formula is C9H7F3INO4. The van der Waals surface area contributed by atoms with E-state index < -0.39 is 24.0 Å². The van der Waals surface area contributed by atoms with E-state index in [0.29, 0.717) is 0 Å². The van der Waals surface area contributed by atoms with Gasteiger partial charge in [-0.3, -0.25) is 0 Å². The molecule has 0 aliphatic rings. The number of hydrogen-bond acceptors (Lipinski definition) is 5. The van der Waals surface area contributed by atoms with Crippen LogP contribution in [0.4, 0.5) is 13.2 Å². The van der Waals surface area contributed by atoms with Crippen molar-refractivity contribution in [3.8, 4) is 11.6 Å². The molecule has 9 heteroatoms. The van der Waals surface area contributed by atoms with Crippen molar-refractivity contribution in [3.63, 3.8) is 0 Å². The van der Waals surface area contributed by atoms with Crippen LogP contribution in [0.1, 0.15) is 10.5 Å². The molecule has 0 N–H and O–H groups in total. The Bertz CT molecular complexity index is 464. The third-order valence-electron chi connectivity index (χ3n) is 1.70. The number of halogens is 4.